The largest absolute Gasteiger partial charge is 0.493 e. The molecule has 2 N–H and O–H groups in total. The molecule has 0 bridgehead atoms. The van der Waals surface area contributed by atoms with E-state index in [0.29, 0.717) is 0 Å². The van der Waals surface area contributed by atoms with Crippen LogP contribution in [0.25, 0.3) is 0 Å². The van der Waals surface area contributed by atoms with Crippen molar-refractivity contribution < 1.29 is 34.0 Å². The van der Waals surface area contributed by atoms with Gasteiger partial charge in [-0.05, 0) is 24.6 Å². The highest BCUT2D eigenvalue weighted by atomic mass is 16.5. The standard InChI is InChI=1S/C13H16O7/c1-4-20-13(17)10(14)7-5-8(12(15)16)11(19-3)9(6-7)18-2/h5-6,10,14H,4H2,1-3H3,(H,15,16). The van der Waals surface area contributed by atoms with Crippen molar-refractivity contribution in [2.45, 2.75) is 13.0 Å². The summed E-state index contributed by atoms with van der Waals surface area (Å²) in [4.78, 5) is 22.7. The van der Waals surface area contributed by atoms with Crippen molar-refractivity contribution in [3.63, 3.8) is 0 Å². The van der Waals surface area contributed by atoms with Crippen LogP contribution < -0.4 is 9.47 Å². The number of aromatic carboxylic acids is 1. The van der Waals surface area contributed by atoms with Crippen molar-refractivity contribution in [2.75, 3.05) is 20.8 Å². The van der Waals surface area contributed by atoms with E-state index in [-0.39, 0.29) is 29.2 Å². The molecule has 0 aliphatic carbocycles. The number of hydrogen-bond acceptors (Lipinski definition) is 6. The Kier molecular flexibility index (Phi) is 5.33. The highest BCUT2D eigenvalue weighted by Gasteiger charge is 2.24. The van der Waals surface area contributed by atoms with Crippen molar-refractivity contribution in [2.24, 2.45) is 0 Å². The monoisotopic (exact) mass is 284 g/mol. The topological polar surface area (TPSA) is 102 Å². The molecule has 0 saturated carbocycles. The number of rotatable bonds is 6. The van der Waals surface area contributed by atoms with Crippen molar-refractivity contribution in [3.05, 3.63) is 23.3 Å². The predicted molar refractivity (Wildman–Crippen MR) is 68.1 cm³/mol. The zero-order chi connectivity index (χ0) is 15.3. The van der Waals surface area contributed by atoms with Crippen LogP contribution in [0.1, 0.15) is 28.9 Å². The van der Waals surface area contributed by atoms with Gasteiger partial charge in [-0.1, -0.05) is 0 Å². The summed E-state index contributed by atoms with van der Waals surface area (Å²) in [7, 11) is 2.62. The fourth-order valence-corrected chi connectivity index (χ4v) is 1.66. The summed E-state index contributed by atoms with van der Waals surface area (Å²) >= 11 is 0. The zero-order valence-corrected chi connectivity index (χ0v) is 11.4. The van der Waals surface area contributed by atoms with E-state index >= 15 is 0 Å². The third-order valence-corrected chi connectivity index (χ3v) is 2.56. The Morgan fingerprint density at radius 1 is 1.25 bits per heavy atom. The lowest BCUT2D eigenvalue weighted by molar-refractivity contribution is -0.153. The lowest BCUT2D eigenvalue weighted by atomic mass is 10.0. The van der Waals surface area contributed by atoms with Crippen LogP contribution in [0.4, 0.5) is 0 Å². The molecule has 0 heterocycles. The third kappa shape index (κ3) is 3.18. The number of esters is 1. The first kappa shape index (κ1) is 15.8. The number of aliphatic hydroxyl groups is 1. The zero-order valence-electron chi connectivity index (χ0n) is 11.4. The normalized spacial score (nSPS) is 11.6. The summed E-state index contributed by atoms with van der Waals surface area (Å²) in [5.41, 5.74) is -0.163. The van der Waals surface area contributed by atoms with E-state index < -0.39 is 18.0 Å². The first-order chi connectivity index (χ1) is 9.46. The van der Waals surface area contributed by atoms with E-state index in [9.17, 15) is 14.7 Å². The first-order valence-electron chi connectivity index (χ1n) is 5.80. The van der Waals surface area contributed by atoms with Crippen molar-refractivity contribution >= 4 is 11.9 Å². The Hall–Kier alpha value is -2.28. The summed E-state index contributed by atoms with van der Waals surface area (Å²) in [5, 5.41) is 19.0. The highest BCUT2D eigenvalue weighted by Crippen LogP contribution is 2.34. The molecule has 20 heavy (non-hydrogen) atoms. The molecule has 1 rings (SSSR count). The third-order valence-electron chi connectivity index (χ3n) is 2.56. The van der Waals surface area contributed by atoms with Gasteiger partial charge in [0.2, 0.25) is 0 Å². The summed E-state index contributed by atoms with van der Waals surface area (Å²) in [5.74, 6) is -2.01. The second kappa shape index (κ2) is 6.76. The molecule has 0 amide bonds. The fraction of sp³-hybridized carbons (Fsp3) is 0.385. The number of benzene rings is 1. The van der Waals surface area contributed by atoms with E-state index in [4.69, 9.17) is 14.6 Å². The molecule has 0 spiro atoms. The average molecular weight is 284 g/mol. The quantitative estimate of drug-likeness (QED) is 0.751. The van der Waals surface area contributed by atoms with Crippen LogP contribution in [-0.4, -0.2) is 43.0 Å². The Morgan fingerprint density at radius 2 is 1.90 bits per heavy atom. The maximum absolute atomic E-state index is 11.5. The maximum Gasteiger partial charge on any atom is 0.339 e. The van der Waals surface area contributed by atoms with Crippen LogP contribution in [0, 0.1) is 0 Å². The molecule has 0 aliphatic rings. The van der Waals surface area contributed by atoms with Crippen LogP contribution in [0.15, 0.2) is 12.1 Å². The van der Waals surface area contributed by atoms with Gasteiger partial charge in [0.25, 0.3) is 0 Å². The van der Waals surface area contributed by atoms with Gasteiger partial charge < -0.3 is 24.4 Å². The van der Waals surface area contributed by atoms with E-state index in [2.05, 4.69) is 4.74 Å². The first-order valence-corrected chi connectivity index (χ1v) is 5.80. The smallest absolute Gasteiger partial charge is 0.339 e. The number of carbonyl (C=O) groups is 2. The number of aliphatic hydroxyl groups excluding tert-OH is 1. The minimum atomic E-state index is -1.59. The SMILES string of the molecule is CCOC(=O)C(O)c1cc(OC)c(OC)c(C(=O)O)c1. The van der Waals surface area contributed by atoms with E-state index in [1.54, 1.807) is 6.92 Å². The molecule has 1 aromatic rings. The molecule has 110 valence electrons. The molecule has 1 unspecified atom stereocenters. The van der Waals surface area contributed by atoms with Gasteiger partial charge in [-0.2, -0.15) is 0 Å². The van der Waals surface area contributed by atoms with Crippen LogP contribution in [-0.2, 0) is 9.53 Å². The Balaban J connectivity index is 3.32. The number of carbonyl (C=O) groups excluding carboxylic acids is 1. The van der Waals surface area contributed by atoms with Gasteiger partial charge in [-0.15, -0.1) is 0 Å². The van der Waals surface area contributed by atoms with Gasteiger partial charge in [-0.3, -0.25) is 0 Å². The molecule has 0 aromatic heterocycles. The van der Waals surface area contributed by atoms with E-state index in [0.717, 1.165) is 6.07 Å². The molecule has 1 atom stereocenters. The van der Waals surface area contributed by atoms with Crippen LogP contribution in [0.3, 0.4) is 0 Å². The van der Waals surface area contributed by atoms with Gasteiger partial charge in [-0.25, -0.2) is 9.59 Å². The second-order valence-corrected chi connectivity index (χ2v) is 3.76. The van der Waals surface area contributed by atoms with Gasteiger partial charge in [0.15, 0.2) is 17.6 Å². The lowest BCUT2D eigenvalue weighted by Crippen LogP contribution is -2.16. The van der Waals surface area contributed by atoms with Gasteiger partial charge in [0, 0.05) is 0 Å². The van der Waals surface area contributed by atoms with E-state index in [1.165, 1.54) is 20.3 Å². The van der Waals surface area contributed by atoms with Crippen LogP contribution >= 0.6 is 0 Å². The minimum Gasteiger partial charge on any atom is -0.493 e. The Labute approximate surface area is 115 Å². The number of ether oxygens (including phenoxy) is 3. The number of carboxylic acids is 1. The van der Waals surface area contributed by atoms with Gasteiger partial charge in [0.1, 0.15) is 5.56 Å². The summed E-state index contributed by atoms with van der Waals surface area (Å²) in [6.07, 6.45) is -1.59. The highest BCUT2D eigenvalue weighted by molar-refractivity contribution is 5.93. The van der Waals surface area contributed by atoms with Crippen molar-refractivity contribution in [1.29, 1.82) is 0 Å². The predicted octanol–water partition coefficient (Wildman–Crippen LogP) is 0.999. The molecule has 0 aliphatic heterocycles. The number of hydrogen-bond donors (Lipinski definition) is 2. The average Bonchev–Trinajstić information content (AvgIpc) is 2.44. The Morgan fingerprint density at radius 3 is 2.35 bits per heavy atom. The Bertz CT molecular complexity index is 510. The van der Waals surface area contributed by atoms with Crippen molar-refractivity contribution in [1.82, 2.24) is 0 Å². The minimum absolute atomic E-state index is 0.0137. The van der Waals surface area contributed by atoms with Crippen molar-refractivity contribution in [3.8, 4) is 11.5 Å². The molecule has 0 fully saturated rings. The second-order valence-electron chi connectivity index (χ2n) is 3.76. The molecule has 1 aromatic carbocycles. The molecule has 0 radical (unpaired) electrons. The number of methoxy groups -OCH3 is 2. The lowest BCUT2D eigenvalue weighted by Gasteiger charge is -2.15. The van der Waals surface area contributed by atoms with Crippen LogP contribution in [0.5, 0.6) is 11.5 Å². The molecule has 0 saturated heterocycles. The van der Waals surface area contributed by atoms with Gasteiger partial charge >= 0.3 is 11.9 Å². The van der Waals surface area contributed by atoms with E-state index in [1.807, 2.05) is 0 Å². The summed E-state index contributed by atoms with van der Waals surface area (Å²) in [6, 6.07) is 2.47. The maximum atomic E-state index is 11.5. The molecular formula is C13H16O7. The summed E-state index contributed by atoms with van der Waals surface area (Å²) in [6.45, 7) is 1.71. The van der Waals surface area contributed by atoms with Gasteiger partial charge in [0.05, 0.1) is 20.8 Å². The molecule has 7 heteroatoms. The molecular weight excluding hydrogens is 268 g/mol. The fourth-order valence-electron chi connectivity index (χ4n) is 1.66. The number of carboxylic acid groups (broad SMARTS) is 1. The van der Waals surface area contributed by atoms with Crippen LogP contribution in [0.2, 0.25) is 0 Å². The summed E-state index contributed by atoms with van der Waals surface area (Å²) < 4.78 is 14.7. The molecule has 7 nitrogen and oxygen atoms in total.